The molecule has 102 valence electrons. The van der Waals surface area contributed by atoms with E-state index in [0.717, 1.165) is 32.7 Å². The molecular formula is C14H17ClFN3. The zero-order valence-corrected chi connectivity index (χ0v) is 11.5. The summed E-state index contributed by atoms with van der Waals surface area (Å²) in [6.07, 6.45) is 0.572. The van der Waals surface area contributed by atoms with Gasteiger partial charge in [-0.2, -0.15) is 5.26 Å². The Balaban J connectivity index is 1.85. The molecule has 5 heteroatoms. The van der Waals surface area contributed by atoms with E-state index in [9.17, 15) is 4.39 Å². The minimum Gasteiger partial charge on any atom is -0.300 e. The van der Waals surface area contributed by atoms with Gasteiger partial charge in [0.2, 0.25) is 0 Å². The van der Waals surface area contributed by atoms with Crippen molar-refractivity contribution in [2.75, 3.05) is 32.7 Å². The third kappa shape index (κ3) is 4.17. The Hall–Kier alpha value is -1.15. The first-order chi connectivity index (χ1) is 9.19. The highest BCUT2D eigenvalue weighted by Crippen LogP contribution is 2.17. The maximum Gasteiger partial charge on any atom is 0.127 e. The van der Waals surface area contributed by atoms with Crippen LogP contribution >= 0.6 is 11.6 Å². The fraction of sp³-hybridized carbons (Fsp3) is 0.500. The van der Waals surface area contributed by atoms with Crippen molar-refractivity contribution in [3.63, 3.8) is 0 Å². The van der Waals surface area contributed by atoms with Gasteiger partial charge in [0.25, 0.3) is 0 Å². The Bertz CT molecular complexity index is 464. The maximum absolute atomic E-state index is 13.6. The summed E-state index contributed by atoms with van der Waals surface area (Å²) in [5, 5.41) is 9.13. The van der Waals surface area contributed by atoms with E-state index >= 15 is 0 Å². The van der Waals surface area contributed by atoms with Crippen LogP contribution < -0.4 is 0 Å². The summed E-state index contributed by atoms with van der Waals surface area (Å²) in [7, 11) is 0. The number of nitriles is 1. The van der Waals surface area contributed by atoms with E-state index in [1.807, 2.05) is 0 Å². The van der Waals surface area contributed by atoms with Crippen molar-refractivity contribution in [1.82, 2.24) is 9.80 Å². The highest BCUT2D eigenvalue weighted by molar-refractivity contribution is 6.30. The molecule has 1 aliphatic heterocycles. The first-order valence-electron chi connectivity index (χ1n) is 6.44. The van der Waals surface area contributed by atoms with Crippen molar-refractivity contribution in [3.8, 4) is 6.07 Å². The van der Waals surface area contributed by atoms with Crippen LogP contribution in [0.15, 0.2) is 18.2 Å². The molecule has 2 rings (SSSR count). The number of halogens is 2. The predicted molar refractivity (Wildman–Crippen MR) is 73.4 cm³/mol. The summed E-state index contributed by atoms with van der Waals surface area (Å²) >= 11 is 5.89. The van der Waals surface area contributed by atoms with Gasteiger partial charge in [-0.1, -0.05) is 11.6 Å². The number of hydrogen-bond acceptors (Lipinski definition) is 3. The Morgan fingerprint density at radius 3 is 2.58 bits per heavy atom. The molecule has 0 N–H and O–H groups in total. The van der Waals surface area contributed by atoms with Crippen LogP contribution in [0.4, 0.5) is 4.39 Å². The second kappa shape index (κ2) is 6.85. The molecule has 1 aliphatic rings. The van der Waals surface area contributed by atoms with Gasteiger partial charge in [-0.3, -0.25) is 9.80 Å². The SMILES string of the molecule is N#CCCN1CCN(Cc2cc(Cl)ccc2F)CC1. The number of rotatable bonds is 4. The standard InChI is InChI=1S/C14H17ClFN3/c15-13-2-3-14(16)12(10-13)11-19-8-6-18(7-9-19)5-1-4-17/h2-3,10H,1,5-9,11H2. The lowest BCUT2D eigenvalue weighted by atomic mass is 10.2. The zero-order chi connectivity index (χ0) is 13.7. The Kier molecular flexibility index (Phi) is 5.15. The second-order valence-electron chi connectivity index (χ2n) is 4.76. The van der Waals surface area contributed by atoms with Crippen molar-refractivity contribution in [2.24, 2.45) is 0 Å². The van der Waals surface area contributed by atoms with Crippen LogP contribution in [0.2, 0.25) is 5.02 Å². The van der Waals surface area contributed by atoms with Crippen LogP contribution in [-0.2, 0) is 6.54 Å². The van der Waals surface area contributed by atoms with Gasteiger partial charge >= 0.3 is 0 Å². The van der Waals surface area contributed by atoms with Gasteiger partial charge in [-0.05, 0) is 18.2 Å². The van der Waals surface area contributed by atoms with Crippen molar-refractivity contribution in [3.05, 3.63) is 34.6 Å². The lowest BCUT2D eigenvalue weighted by Gasteiger charge is -2.34. The molecule has 0 atom stereocenters. The molecule has 1 saturated heterocycles. The Morgan fingerprint density at radius 1 is 1.21 bits per heavy atom. The zero-order valence-electron chi connectivity index (χ0n) is 10.8. The number of hydrogen-bond donors (Lipinski definition) is 0. The molecule has 1 fully saturated rings. The van der Waals surface area contributed by atoms with E-state index in [0.29, 0.717) is 23.6 Å². The van der Waals surface area contributed by atoms with Crippen LogP contribution in [0.3, 0.4) is 0 Å². The van der Waals surface area contributed by atoms with Gasteiger partial charge in [-0.25, -0.2) is 4.39 Å². The first-order valence-corrected chi connectivity index (χ1v) is 6.82. The third-order valence-corrected chi connectivity index (χ3v) is 3.64. The molecule has 0 aliphatic carbocycles. The molecule has 19 heavy (non-hydrogen) atoms. The largest absolute Gasteiger partial charge is 0.300 e. The van der Waals surface area contributed by atoms with Crippen LogP contribution in [0.25, 0.3) is 0 Å². The van der Waals surface area contributed by atoms with E-state index in [1.54, 1.807) is 12.1 Å². The van der Waals surface area contributed by atoms with E-state index in [2.05, 4.69) is 15.9 Å². The fourth-order valence-electron chi connectivity index (χ4n) is 2.28. The summed E-state index contributed by atoms with van der Waals surface area (Å²) in [5.41, 5.74) is 0.651. The molecule has 1 aromatic carbocycles. The van der Waals surface area contributed by atoms with Crippen LogP contribution in [0, 0.1) is 17.1 Å². The van der Waals surface area contributed by atoms with Gasteiger partial charge in [-0.15, -0.1) is 0 Å². The monoisotopic (exact) mass is 281 g/mol. The topological polar surface area (TPSA) is 30.3 Å². The minimum atomic E-state index is -0.198. The number of nitrogens with zero attached hydrogens (tertiary/aromatic N) is 3. The molecule has 0 unspecified atom stereocenters. The van der Waals surface area contributed by atoms with Crippen molar-refractivity contribution in [1.29, 1.82) is 5.26 Å². The minimum absolute atomic E-state index is 0.198. The van der Waals surface area contributed by atoms with E-state index in [-0.39, 0.29) is 5.82 Å². The van der Waals surface area contributed by atoms with Crippen LogP contribution in [0.1, 0.15) is 12.0 Å². The smallest absolute Gasteiger partial charge is 0.127 e. The van der Waals surface area contributed by atoms with Gasteiger partial charge in [0.15, 0.2) is 0 Å². The molecule has 1 aromatic rings. The number of piperazine rings is 1. The van der Waals surface area contributed by atoms with Crippen molar-refractivity contribution < 1.29 is 4.39 Å². The van der Waals surface area contributed by atoms with Crippen LogP contribution in [0.5, 0.6) is 0 Å². The predicted octanol–water partition coefficient (Wildman–Crippen LogP) is 2.51. The quantitative estimate of drug-likeness (QED) is 0.849. The van der Waals surface area contributed by atoms with E-state index in [4.69, 9.17) is 16.9 Å². The Labute approximate surface area is 118 Å². The van der Waals surface area contributed by atoms with Crippen LogP contribution in [-0.4, -0.2) is 42.5 Å². The highest BCUT2D eigenvalue weighted by Gasteiger charge is 2.17. The molecular weight excluding hydrogens is 265 g/mol. The van der Waals surface area contributed by atoms with Crippen molar-refractivity contribution in [2.45, 2.75) is 13.0 Å². The molecule has 3 nitrogen and oxygen atoms in total. The second-order valence-corrected chi connectivity index (χ2v) is 5.20. The number of benzene rings is 1. The summed E-state index contributed by atoms with van der Waals surface area (Å²) in [6.45, 7) is 5.09. The van der Waals surface area contributed by atoms with Gasteiger partial charge in [0.05, 0.1) is 6.07 Å². The average Bonchev–Trinajstić information content (AvgIpc) is 2.42. The lowest BCUT2D eigenvalue weighted by Crippen LogP contribution is -2.46. The molecule has 0 saturated carbocycles. The van der Waals surface area contributed by atoms with Gasteiger partial charge in [0, 0.05) is 56.3 Å². The van der Waals surface area contributed by atoms with Crippen molar-refractivity contribution >= 4 is 11.6 Å². The Morgan fingerprint density at radius 2 is 1.89 bits per heavy atom. The molecule has 0 bridgehead atoms. The van der Waals surface area contributed by atoms with E-state index < -0.39 is 0 Å². The summed E-state index contributed by atoms with van der Waals surface area (Å²) in [5.74, 6) is -0.198. The molecule has 0 amide bonds. The summed E-state index contributed by atoms with van der Waals surface area (Å²) in [6, 6.07) is 6.84. The third-order valence-electron chi connectivity index (χ3n) is 3.41. The molecule has 0 radical (unpaired) electrons. The highest BCUT2D eigenvalue weighted by atomic mass is 35.5. The van der Waals surface area contributed by atoms with Gasteiger partial charge in [0.1, 0.15) is 5.82 Å². The molecule has 0 spiro atoms. The normalized spacial score (nSPS) is 17.3. The average molecular weight is 282 g/mol. The first kappa shape index (κ1) is 14.3. The molecule has 1 heterocycles. The lowest BCUT2D eigenvalue weighted by molar-refractivity contribution is 0.128. The summed E-state index contributed by atoms with van der Waals surface area (Å²) < 4.78 is 13.6. The fourth-order valence-corrected chi connectivity index (χ4v) is 2.48. The van der Waals surface area contributed by atoms with E-state index in [1.165, 1.54) is 6.07 Å². The molecule has 0 aromatic heterocycles. The summed E-state index contributed by atoms with van der Waals surface area (Å²) in [4.78, 5) is 4.49. The maximum atomic E-state index is 13.6. The van der Waals surface area contributed by atoms with Gasteiger partial charge < -0.3 is 0 Å².